The van der Waals surface area contributed by atoms with E-state index in [1.807, 2.05) is 28.6 Å². The van der Waals surface area contributed by atoms with Gasteiger partial charge in [-0.1, -0.05) is 6.07 Å². The molecule has 0 spiro atoms. The second-order valence-electron chi connectivity index (χ2n) is 7.31. The monoisotopic (exact) mass is 398 g/mol. The van der Waals surface area contributed by atoms with Crippen molar-refractivity contribution < 1.29 is 13.9 Å². The van der Waals surface area contributed by atoms with Crippen molar-refractivity contribution in [1.29, 1.82) is 0 Å². The van der Waals surface area contributed by atoms with Crippen LogP contribution in [0.1, 0.15) is 12.8 Å². The van der Waals surface area contributed by atoms with Gasteiger partial charge in [-0.25, -0.2) is 14.4 Å². The number of para-hydroxylation sites is 1. The number of nitrogens with one attached hydrogen (secondary N) is 1. The molecule has 0 bridgehead atoms. The Kier molecular flexibility index (Phi) is 4.35. The van der Waals surface area contributed by atoms with Crippen molar-refractivity contribution in [1.82, 2.24) is 15.3 Å². The van der Waals surface area contributed by atoms with E-state index in [9.17, 15) is 9.18 Å². The summed E-state index contributed by atoms with van der Waals surface area (Å²) < 4.78 is 20.1. The number of carbonyl (C=O) groups excluding carboxylic acids is 1. The number of rotatable bonds is 5. The Bertz CT molecular complexity index is 997. The van der Waals surface area contributed by atoms with Gasteiger partial charge in [0.1, 0.15) is 29.0 Å². The molecule has 3 aromatic rings. The van der Waals surface area contributed by atoms with Crippen LogP contribution in [0.3, 0.4) is 0 Å². The van der Waals surface area contributed by atoms with E-state index < -0.39 is 0 Å². The predicted octanol–water partition coefficient (Wildman–Crippen LogP) is 2.99. The molecule has 2 fully saturated rings. The van der Waals surface area contributed by atoms with Crippen LogP contribution < -0.4 is 15.0 Å². The maximum Gasteiger partial charge on any atom is 0.223 e. The maximum absolute atomic E-state index is 12.9. The van der Waals surface area contributed by atoms with Crippen molar-refractivity contribution in [2.75, 3.05) is 18.0 Å². The molecule has 0 unspecified atom stereocenters. The SMILES string of the molecule is O=C(NC1CN(c2ccc(F)cn2)C1)[C@H]1C[C@H](Oc2cccc3scnc23)C1. The summed E-state index contributed by atoms with van der Waals surface area (Å²) in [6, 6.07) is 9.10. The van der Waals surface area contributed by atoms with E-state index in [1.165, 1.54) is 12.3 Å². The number of carbonyl (C=O) groups is 1. The quantitative estimate of drug-likeness (QED) is 0.716. The zero-order valence-electron chi connectivity index (χ0n) is 15.0. The molecule has 6 nitrogen and oxygen atoms in total. The molecule has 8 heteroatoms. The van der Waals surface area contributed by atoms with Crippen molar-refractivity contribution in [3.8, 4) is 5.75 Å². The van der Waals surface area contributed by atoms with Gasteiger partial charge in [0, 0.05) is 19.0 Å². The number of anilines is 1. The summed E-state index contributed by atoms with van der Waals surface area (Å²) in [7, 11) is 0. The number of hydrogen-bond donors (Lipinski definition) is 1. The van der Waals surface area contributed by atoms with Crippen molar-refractivity contribution in [3.63, 3.8) is 0 Å². The molecular weight excluding hydrogens is 379 g/mol. The largest absolute Gasteiger partial charge is 0.488 e. The Labute approximate surface area is 165 Å². The van der Waals surface area contributed by atoms with E-state index in [2.05, 4.69) is 15.3 Å². The molecule has 144 valence electrons. The average Bonchev–Trinajstić information content (AvgIpc) is 3.11. The lowest BCUT2D eigenvalue weighted by Gasteiger charge is -2.42. The number of ether oxygens (including phenoxy) is 1. The molecule has 2 aliphatic rings. The van der Waals surface area contributed by atoms with Crippen LogP contribution in [0.25, 0.3) is 10.2 Å². The van der Waals surface area contributed by atoms with Gasteiger partial charge in [-0.2, -0.15) is 0 Å². The molecule has 3 heterocycles. The first-order valence-electron chi connectivity index (χ1n) is 9.31. The maximum atomic E-state index is 12.9. The molecule has 28 heavy (non-hydrogen) atoms. The van der Waals surface area contributed by atoms with Crippen molar-refractivity contribution >= 4 is 33.3 Å². The minimum atomic E-state index is -0.345. The number of amides is 1. The van der Waals surface area contributed by atoms with E-state index in [-0.39, 0.29) is 29.8 Å². The fraction of sp³-hybridized carbons (Fsp3) is 0.350. The summed E-state index contributed by atoms with van der Waals surface area (Å²) in [4.78, 5) is 22.9. The summed E-state index contributed by atoms with van der Waals surface area (Å²) >= 11 is 1.59. The molecule has 0 radical (unpaired) electrons. The third-order valence-electron chi connectivity index (χ3n) is 5.35. The molecule has 0 atom stereocenters. The minimum Gasteiger partial charge on any atom is -0.488 e. The van der Waals surface area contributed by atoms with Crippen molar-refractivity contribution in [2.45, 2.75) is 25.0 Å². The van der Waals surface area contributed by atoms with Crippen LogP contribution in [0.15, 0.2) is 42.0 Å². The van der Waals surface area contributed by atoms with E-state index >= 15 is 0 Å². The number of hydrogen-bond acceptors (Lipinski definition) is 6. The average molecular weight is 398 g/mol. The molecule has 5 rings (SSSR count). The fourth-order valence-electron chi connectivity index (χ4n) is 3.64. The normalized spacial score (nSPS) is 21.8. The van der Waals surface area contributed by atoms with Crippen LogP contribution in [-0.2, 0) is 4.79 Å². The van der Waals surface area contributed by atoms with Crippen molar-refractivity contribution in [2.24, 2.45) is 5.92 Å². The van der Waals surface area contributed by atoms with Gasteiger partial charge in [0.05, 0.1) is 22.4 Å². The third kappa shape index (κ3) is 3.28. The smallest absolute Gasteiger partial charge is 0.223 e. The number of thiazole rings is 1. The molecule has 1 aliphatic heterocycles. The predicted molar refractivity (Wildman–Crippen MR) is 105 cm³/mol. The van der Waals surface area contributed by atoms with Gasteiger partial charge < -0.3 is 15.0 Å². The first-order chi connectivity index (χ1) is 13.7. The van der Waals surface area contributed by atoms with Crippen LogP contribution in [-0.4, -0.2) is 41.1 Å². The van der Waals surface area contributed by atoms with Gasteiger partial charge in [-0.15, -0.1) is 11.3 Å². The molecule has 2 aromatic heterocycles. The van der Waals surface area contributed by atoms with Gasteiger partial charge in [-0.3, -0.25) is 4.79 Å². The molecule has 1 saturated carbocycles. The number of pyridine rings is 1. The number of benzene rings is 1. The Morgan fingerprint density at radius 2 is 2.07 bits per heavy atom. The van der Waals surface area contributed by atoms with Crippen molar-refractivity contribution in [3.05, 3.63) is 47.9 Å². The number of halogens is 1. The lowest BCUT2D eigenvalue weighted by atomic mass is 9.81. The topological polar surface area (TPSA) is 67.4 Å². The Morgan fingerprint density at radius 3 is 2.86 bits per heavy atom. The lowest BCUT2D eigenvalue weighted by Crippen LogP contribution is -2.61. The van der Waals surface area contributed by atoms with E-state index in [4.69, 9.17) is 4.74 Å². The highest BCUT2D eigenvalue weighted by Gasteiger charge is 2.38. The molecule has 1 N–H and O–H groups in total. The first-order valence-corrected chi connectivity index (χ1v) is 10.2. The second kappa shape index (κ2) is 7.01. The Balaban J connectivity index is 1.08. The number of aromatic nitrogens is 2. The summed E-state index contributed by atoms with van der Waals surface area (Å²) in [5.74, 6) is 1.27. The van der Waals surface area contributed by atoms with Crippen LogP contribution in [0.5, 0.6) is 5.75 Å². The molecule has 1 aliphatic carbocycles. The zero-order chi connectivity index (χ0) is 19.1. The summed E-state index contributed by atoms with van der Waals surface area (Å²) in [6.07, 6.45) is 2.72. The molecule has 1 aromatic carbocycles. The van der Waals surface area contributed by atoms with Gasteiger partial charge in [0.25, 0.3) is 0 Å². The van der Waals surface area contributed by atoms with Crippen LogP contribution in [0.4, 0.5) is 10.2 Å². The van der Waals surface area contributed by atoms with Gasteiger partial charge in [0.15, 0.2) is 0 Å². The van der Waals surface area contributed by atoms with Gasteiger partial charge in [-0.05, 0) is 37.1 Å². The molecular formula is C20H19FN4O2S. The lowest BCUT2D eigenvalue weighted by molar-refractivity contribution is -0.131. The molecule has 1 amide bonds. The van der Waals surface area contributed by atoms with E-state index in [0.29, 0.717) is 13.1 Å². The number of fused-ring (bicyclic) bond motifs is 1. The van der Waals surface area contributed by atoms with E-state index in [0.717, 1.165) is 34.6 Å². The fourth-order valence-corrected chi connectivity index (χ4v) is 4.34. The van der Waals surface area contributed by atoms with Crippen LogP contribution in [0.2, 0.25) is 0 Å². The highest BCUT2D eigenvalue weighted by Crippen LogP contribution is 2.35. The summed E-state index contributed by atoms with van der Waals surface area (Å²) in [6.45, 7) is 1.39. The van der Waals surface area contributed by atoms with Crippen LogP contribution >= 0.6 is 11.3 Å². The highest BCUT2D eigenvalue weighted by molar-refractivity contribution is 7.16. The molecule has 1 saturated heterocycles. The van der Waals surface area contributed by atoms with Crippen LogP contribution in [0, 0.1) is 11.7 Å². The minimum absolute atomic E-state index is 0.00219. The summed E-state index contributed by atoms with van der Waals surface area (Å²) in [5.41, 5.74) is 2.71. The standard InChI is InChI=1S/C20H19FN4O2S/c21-13-4-5-18(22-8-13)25-9-14(10-25)24-20(26)12-6-15(7-12)27-16-2-1-3-17-19(16)23-11-28-17/h1-5,8,11-12,14-15H,6-7,9-10H2,(H,24,26)/t12-,15-. The van der Waals surface area contributed by atoms with Gasteiger partial charge >= 0.3 is 0 Å². The third-order valence-corrected chi connectivity index (χ3v) is 6.14. The zero-order valence-corrected chi connectivity index (χ0v) is 15.9. The first kappa shape index (κ1) is 17.4. The Hall–Kier alpha value is -2.74. The van der Waals surface area contributed by atoms with Gasteiger partial charge in [0.2, 0.25) is 5.91 Å². The summed E-state index contributed by atoms with van der Waals surface area (Å²) in [5, 5.41) is 3.09. The van der Waals surface area contributed by atoms with E-state index in [1.54, 1.807) is 17.4 Å². The second-order valence-corrected chi connectivity index (χ2v) is 8.19. The highest BCUT2D eigenvalue weighted by atomic mass is 32.1. The number of nitrogens with zero attached hydrogens (tertiary/aromatic N) is 3. The Morgan fingerprint density at radius 1 is 1.21 bits per heavy atom.